The number of fused-ring (bicyclic) bond motifs is 1. The van der Waals surface area contributed by atoms with Crippen LogP contribution in [0.15, 0.2) is 36.4 Å². The van der Waals surface area contributed by atoms with Crippen LogP contribution in [0.2, 0.25) is 0 Å². The minimum absolute atomic E-state index is 0.0864. The highest BCUT2D eigenvalue weighted by molar-refractivity contribution is 6.02. The second-order valence-electron chi connectivity index (χ2n) is 9.34. The van der Waals surface area contributed by atoms with Gasteiger partial charge in [0, 0.05) is 38.5 Å². The van der Waals surface area contributed by atoms with E-state index in [1.807, 2.05) is 32.0 Å². The third-order valence-electron chi connectivity index (χ3n) is 6.70. The maximum absolute atomic E-state index is 14.3. The number of benzene rings is 2. The molecule has 0 radical (unpaired) electrons. The predicted molar refractivity (Wildman–Crippen MR) is 124 cm³/mol. The zero-order valence-electron chi connectivity index (χ0n) is 19.2. The van der Waals surface area contributed by atoms with Crippen molar-refractivity contribution in [3.63, 3.8) is 0 Å². The molecule has 0 aromatic heterocycles. The van der Waals surface area contributed by atoms with E-state index < -0.39 is 11.9 Å². The molecule has 1 saturated heterocycles. The Bertz CT molecular complexity index is 1100. The number of carbonyl (C=O) groups excluding carboxylic acids is 2. The van der Waals surface area contributed by atoms with Crippen LogP contribution in [0.3, 0.4) is 0 Å². The van der Waals surface area contributed by atoms with Gasteiger partial charge in [0.15, 0.2) is 11.6 Å². The minimum atomic E-state index is -0.655. The smallest absolute Gasteiger partial charge is 0.407 e. The van der Waals surface area contributed by atoms with Crippen molar-refractivity contribution < 1.29 is 18.7 Å². The molecule has 1 saturated carbocycles. The standard InChI is InChI=1S/C25H29FN4O3/c1-15-4-8-21(26)24(10-15)33-25(32)28-13-16(2)30(17(3)31)22-9-5-18(11-23(22)28)19-12-27-29(14-19)20-6-7-20/h4-5,8-11,16,19-20,27H,6-7,12-14H2,1-3H3/t16-,19?/m0/s1. The number of aryl methyl sites for hydroxylation is 1. The summed E-state index contributed by atoms with van der Waals surface area (Å²) in [6.45, 7) is 7.24. The summed E-state index contributed by atoms with van der Waals surface area (Å²) >= 11 is 0. The SMILES string of the molecule is CC(=O)N1c2ccc(C3CNN(C4CC4)C3)cc2N(C(=O)Oc2cc(C)ccc2F)C[C@@H]1C. The lowest BCUT2D eigenvalue weighted by molar-refractivity contribution is -0.117. The quantitative estimate of drug-likeness (QED) is 0.764. The van der Waals surface area contributed by atoms with Crippen LogP contribution in [-0.4, -0.2) is 48.7 Å². The van der Waals surface area contributed by atoms with Crippen LogP contribution in [-0.2, 0) is 4.79 Å². The number of carbonyl (C=O) groups is 2. The van der Waals surface area contributed by atoms with E-state index in [1.165, 1.54) is 36.8 Å². The molecule has 1 aliphatic carbocycles. The van der Waals surface area contributed by atoms with E-state index in [9.17, 15) is 14.0 Å². The second kappa shape index (κ2) is 8.43. The number of hydrogen-bond donors (Lipinski definition) is 1. The summed E-state index contributed by atoms with van der Waals surface area (Å²) in [4.78, 5) is 28.9. The molecule has 33 heavy (non-hydrogen) atoms. The molecule has 2 atom stereocenters. The number of amides is 2. The topological polar surface area (TPSA) is 65.1 Å². The van der Waals surface area contributed by atoms with Gasteiger partial charge in [-0.05, 0) is 62.1 Å². The number of halogens is 1. The van der Waals surface area contributed by atoms with Gasteiger partial charge in [-0.3, -0.25) is 15.1 Å². The fraction of sp³-hybridized carbons (Fsp3) is 0.440. The molecular formula is C25H29FN4O3. The summed E-state index contributed by atoms with van der Waals surface area (Å²) in [5.41, 5.74) is 6.66. The Hall–Kier alpha value is -2.97. The van der Waals surface area contributed by atoms with Crippen molar-refractivity contribution in [3.05, 3.63) is 53.3 Å². The molecule has 2 amide bonds. The van der Waals surface area contributed by atoms with Crippen LogP contribution < -0.4 is 20.0 Å². The molecule has 1 N–H and O–H groups in total. The lowest BCUT2D eigenvalue weighted by atomic mass is 9.97. The molecule has 2 aromatic rings. The van der Waals surface area contributed by atoms with Gasteiger partial charge in [0.1, 0.15) is 0 Å². The Kier molecular flexibility index (Phi) is 5.58. The number of rotatable bonds is 3. The molecule has 0 bridgehead atoms. The highest BCUT2D eigenvalue weighted by atomic mass is 19.1. The molecule has 8 heteroatoms. The van der Waals surface area contributed by atoms with E-state index in [1.54, 1.807) is 11.0 Å². The van der Waals surface area contributed by atoms with Crippen molar-refractivity contribution in [3.8, 4) is 5.75 Å². The molecule has 7 nitrogen and oxygen atoms in total. The fourth-order valence-electron chi connectivity index (χ4n) is 4.87. The normalized spacial score (nSPS) is 22.9. The van der Waals surface area contributed by atoms with Crippen molar-refractivity contribution in [2.45, 2.75) is 51.6 Å². The Labute approximate surface area is 193 Å². The van der Waals surface area contributed by atoms with Gasteiger partial charge in [-0.25, -0.2) is 14.2 Å². The van der Waals surface area contributed by atoms with Crippen LogP contribution in [0, 0.1) is 12.7 Å². The highest BCUT2D eigenvalue weighted by Gasteiger charge is 2.38. The van der Waals surface area contributed by atoms with Gasteiger partial charge in [-0.15, -0.1) is 0 Å². The Morgan fingerprint density at radius 2 is 1.88 bits per heavy atom. The first-order valence-electron chi connectivity index (χ1n) is 11.5. The van der Waals surface area contributed by atoms with E-state index in [4.69, 9.17) is 4.74 Å². The zero-order valence-corrected chi connectivity index (χ0v) is 19.2. The van der Waals surface area contributed by atoms with Gasteiger partial charge in [-0.2, -0.15) is 0 Å². The summed E-state index contributed by atoms with van der Waals surface area (Å²) in [7, 11) is 0. The van der Waals surface area contributed by atoms with Gasteiger partial charge in [0.05, 0.1) is 17.4 Å². The Morgan fingerprint density at radius 3 is 2.61 bits per heavy atom. The fourth-order valence-corrected chi connectivity index (χ4v) is 4.87. The van der Waals surface area contributed by atoms with Crippen molar-refractivity contribution in [1.29, 1.82) is 0 Å². The maximum Gasteiger partial charge on any atom is 0.419 e. The predicted octanol–water partition coefficient (Wildman–Crippen LogP) is 3.96. The Balaban J connectivity index is 1.47. The summed E-state index contributed by atoms with van der Waals surface area (Å²) in [6.07, 6.45) is 1.80. The number of nitrogens with zero attached hydrogens (tertiary/aromatic N) is 3. The number of hydrazine groups is 1. The average Bonchev–Trinajstić information content (AvgIpc) is 3.51. The molecule has 2 aromatic carbocycles. The highest BCUT2D eigenvalue weighted by Crippen LogP contribution is 2.40. The van der Waals surface area contributed by atoms with Crippen molar-refractivity contribution in [2.24, 2.45) is 0 Å². The Morgan fingerprint density at radius 1 is 1.09 bits per heavy atom. The molecular weight excluding hydrogens is 423 g/mol. The van der Waals surface area contributed by atoms with Gasteiger partial charge < -0.3 is 9.64 Å². The third kappa shape index (κ3) is 4.20. The largest absolute Gasteiger partial charge is 0.419 e. The molecule has 5 rings (SSSR count). The first-order valence-corrected chi connectivity index (χ1v) is 11.5. The molecule has 174 valence electrons. The molecule has 2 aliphatic heterocycles. The first-order chi connectivity index (χ1) is 15.8. The van der Waals surface area contributed by atoms with Crippen LogP contribution >= 0.6 is 0 Å². The van der Waals surface area contributed by atoms with Crippen LogP contribution in [0.5, 0.6) is 5.75 Å². The minimum Gasteiger partial charge on any atom is -0.407 e. The summed E-state index contributed by atoms with van der Waals surface area (Å²) in [5, 5.41) is 2.31. The third-order valence-corrected chi connectivity index (χ3v) is 6.70. The molecule has 0 spiro atoms. The monoisotopic (exact) mass is 452 g/mol. The van der Waals surface area contributed by atoms with Crippen LogP contribution in [0.25, 0.3) is 0 Å². The maximum atomic E-state index is 14.3. The molecule has 1 unspecified atom stereocenters. The van der Waals surface area contributed by atoms with Gasteiger partial charge in [0.2, 0.25) is 5.91 Å². The number of hydrogen-bond acceptors (Lipinski definition) is 5. The zero-order chi connectivity index (χ0) is 23.3. The van der Waals surface area contributed by atoms with Gasteiger partial charge >= 0.3 is 6.09 Å². The van der Waals surface area contributed by atoms with Crippen molar-refractivity contribution >= 4 is 23.4 Å². The van der Waals surface area contributed by atoms with E-state index >= 15 is 0 Å². The first kappa shape index (κ1) is 21.9. The lowest BCUT2D eigenvalue weighted by Crippen LogP contribution is -2.52. The lowest BCUT2D eigenvalue weighted by Gasteiger charge is -2.40. The second-order valence-corrected chi connectivity index (χ2v) is 9.34. The number of ether oxygens (including phenoxy) is 1. The van der Waals surface area contributed by atoms with Gasteiger partial charge in [0.25, 0.3) is 0 Å². The average molecular weight is 453 g/mol. The summed E-state index contributed by atoms with van der Waals surface area (Å²) < 4.78 is 19.7. The van der Waals surface area contributed by atoms with E-state index in [0.717, 1.165) is 24.2 Å². The molecule has 3 aliphatic rings. The van der Waals surface area contributed by atoms with E-state index in [0.29, 0.717) is 17.4 Å². The van der Waals surface area contributed by atoms with Crippen molar-refractivity contribution in [1.82, 2.24) is 10.4 Å². The molecule has 2 heterocycles. The summed E-state index contributed by atoms with van der Waals surface area (Å²) in [5.74, 6) is -0.486. The van der Waals surface area contributed by atoms with Crippen LogP contribution in [0.4, 0.5) is 20.6 Å². The van der Waals surface area contributed by atoms with Crippen LogP contribution in [0.1, 0.15) is 43.7 Å². The van der Waals surface area contributed by atoms with E-state index in [-0.39, 0.29) is 30.2 Å². The van der Waals surface area contributed by atoms with Gasteiger partial charge in [-0.1, -0.05) is 12.1 Å². The number of nitrogens with one attached hydrogen (secondary N) is 1. The van der Waals surface area contributed by atoms with Crippen molar-refractivity contribution in [2.75, 3.05) is 29.4 Å². The summed E-state index contributed by atoms with van der Waals surface area (Å²) in [6, 6.07) is 10.7. The number of anilines is 2. The molecule has 2 fully saturated rings. The van der Waals surface area contributed by atoms with E-state index in [2.05, 4.69) is 10.4 Å².